The fraction of sp³-hybridized carbons (Fsp3) is 0.400. The van der Waals surface area contributed by atoms with Crippen LogP contribution in [0.15, 0.2) is 24.3 Å². The molecule has 0 aliphatic heterocycles. The zero-order valence-corrected chi connectivity index (χ0v) is 13.9. The Bertz CT molecular complexity index is 753. The van der Waals surface area contributed by atoms with Crippen molar-refractivity contribution >= 4 is 0 Å². The van der Waals surface area contributed by atoms with E-state index in [1.54, 1.807) is 0 Å². The van der Waals surface area contributed by atoms with Crippen molar-refractivity contribution in [3.8, 4) is 11.1 Å². The van der Waals surface area contributed by atoms with Crippen LogP contribution in [0.25, 0.3) is 11.1 Å². The van der Waals surface area contributed by atoms with Crippen molar-refractivity contribution in [3.63, 3.8) is 0 Å². The van der Waals surface area contributed by atoms with Crippen LogP contribution in [0.5, 0.6) is 0 Å². The Balaban J connectivity index is 1.94. The molecule has 2 aromatic carbocycles. The summed E-state index contributed by atoms with van der Waals surface area (Å²) in [4.78, 5) is 0. The lowest BCUT2D eigenvalue weighted by atomic mass is 9.77. The summed E-state index contributed by atoms with van der Waals surface area (Å²) in [5, 5.41) is 0. The van der Waals surface area contributed by atoms with Crippen molar-refractivity contribution < 1.29 is 22.0 Å². The van der Waals surface area contributed by atoms with E-state index >= 15 is 0 Å². The van der Waals surface area contributed by atoms with Gasteiger partial charge in [-0.1, -0.05) is 25.5 Å². The lowest BCUT2D eigenvalue weighted by molar-refractivity contribution is 0.312. The van der Waals surface area contributed by atoms with Gasteiger partial charge in [0.15, 0.2) is 29.1 Å². The van der Waals surface area contributed by atoms with E-state index < -0.39 is 29.1 Å². The van der Waals surface area contributed by atoms with Crippen LogP contribution in [0.4, 0.5) is 22.0 Å². The van der Waals surface area contributed by atoms with Gasteiger partial charge < -0.3 is 0 Å². The summed E-state index contributed by atoms with van der Waals surface area (Å²) < 4.78 is 68.8. The van der Waals surface area contributed by atoms with Crippen molar-refractivity contribution in [2.24, 2.45) is 5.92 Å². The van der Waals surface area contributed by atoms with Crippen LogP contribution in [0, 0.1) is 35.0 Å². The molecule has 3 rings (SSSR count). The molecule has 2 aromatic rings. The fourth-order valence-electron chi connectivity index (χ4n) is 3.70. The third-order valence-corrected chi connectivity index (χ3v) is 5.27. The molecule has 0 radical (unpaired) electrons. The summed E-state index contributed by atoms with van der Waals surface area (Å²) in [6, 6.07) is 4.13. The molecule has 5 heteroatoms. The van der Waals surface area contributed by atoms with Gasteiger partial charge in [0.2, 0.25) is 0 Å². The second-order valence-corrected chi connectivity index (χ2v) is 6.71. The number of hydrogen-bond acceptors (Lipinski definition) is 0. The molecule has 0 heterocycles. The smallest absolute Gasteiger partial charge is 0.194 e. The average molecular weight is 354 g/mol. The first-order valence-corrected chi connectivity index (χ1v) is 8.55. The summed E-state index contributed by atoms with van der Waals surface area (Å²) >= 11 is 0. The molecule has 0 saturated heterocycles. The Morgan fingerprint density at radius 3 is 1.96 bits per heavy atom. The highest BCUT2D eigenvalue weighted by atomic mass is 19.2. The van der Waals surface area contributed by atoms with Gasteiger partial charge in [-0.15, -0.1) is 0 Å². The molecule has 134 valence electrons. The van der Waals surface area contributed by atoms with Gasteiger partial charge in [0.05, 0.1) is 0 Å². The van der Waals surface area contributed by atoms with Crippen molar-refractivity contribution in [2.45, 2.75) is 44.9 Å². The van der Waals surface area contributed by atoms with Gasteiger partial charge in [0, 0.05) is 5.56 Å². The fourth-order valence-corrected chi connectivity index (χ4v) is 3.70. The molecule has 0 bridgehead atoms. The van der Waals surface area contributed by atoms with Crippen LogP contribution in [-0.2, 0) is 0 Å². The van der Waals surface area contributed by atoms with Crippen LogP contribution in [0.3, 0.4) is 0 Å². The molecule has 0 nitrogen and oxygen atoms in total. The van der Waals surface area contributed by atoms with Crippen molar-refractivity contribution in [1.29, 1.82) is 0 Å². The first-order valence-electron chi connectivity index (χ1n) is 8.55. The third kappa shape index (κ3) is 3.42. The van der Waals surface area contributed by atoms with Crippen LogP contribution in [-0.4, -0.2) is 0 Å². The van der Waals surface area contributed by atoms with Crippen LogP contribution < -0.4 is 0 Å². The second kappa shape index (κ2) is 7.14. The van der Waals surface area contributed by atoms with Gasteiger partial charge in [-0.3, -0.25) is 0 Å². The lowest BCUT2D eigenvalue weighted by Crippen LogP contribution is -2.14. The zero-order valence-electron chi connectivity index (χ0n) is 13.9. The topological polar surface area (TPSA) is 0 Å². The Labute approximate surface area is 143 Å². The van der Waals surface area contributed by atoms with E-state index in [1.807, 2.05) is 0 Å². The molecule has 1 fully saturated rings. The van der Waals surface area contributed by atoms with Crippen LogP contribution >= 0.6 is 0 Å². The summed E-state index contributed by atoms with van der Waals surface area (Å²) in [7, 11) is 0. The molecule has 0 aromatic heterocycles. The van der Waals surface area contributed by atoms with Crippen LogP contribution in [0.1, 0.15) is 50.5 Å². The van der Waals surface area contributed by atoms with Gasteiger partial charge in [-0.25, -0.2) is 22.0 Å². The quantitative estimate of drug-likeness (QED) is 0.423. The molecule has 1 aliphatic carbocycles. The third-order valence-electron chi connectivity index (χ3n) is 5.27. The molecule has 0 N–H and O–H groups in total. The Hall–Kier alpha value is -1.91. The summed E-state index contributed by atoms with van der Waals surface area (Å²) in [6.45, 7) is 2.13. The predicted octanol–water partition coefficient (Wildman–Crippen LogP) is 6.73. The van der Waals surface area contributed by atoms with Gasteiger partial charge in [0.1, 0.15) is 0 Å². The average Bonchev–Trinajstić information content (AvgIpc) is 2.61. The van der Waals surface area contributed by atoms with Crippen molar-refractivity contribution in [1.82, 2.24) is 0 Å². The van der Waals surface area contributed by atoms with Crippen LogP contribution in [0.2, 0.25) is 0 Å². The molecule has 25 heavy (non-hydrogen) atoms. The minimum Gasteiger partial charge on any atom is -0.204 e. The number of hydrogen-bond donors (Lipinski definition) is 0. The number of rotatable bonds is 3. The molecular weight excluding hydrogens is 335 g/mol. The van der Waals surface area contributed by atoms with Gasteiger partial charge in [0.25, 0.3) is 0 Å². The van der Waals surface area contributed by atoms with E-state index in [9.17, 15) is 22.0 Å². The molecule has 0 atom stereocenters. The van der Waals surface area contributed by atoms with E-state index in [0.717, 1.165) is 32.1 Å². The molecule has 1 aliphatic rings. The maximum atomic E-state index is 14.6. The molecule has 1 saturated carbocycles. The maximum absolute atomic E-state index is 14.6. The van der Waals surface area contributed by atoms with Gasteiger partial charge >= 0.3 is 0 Å². The number of halogens is 5. The molecule has 0 unspecified atom stereocenters. The first kappa shape index (κ1) is 17.9. The highest BCUT2D eigenvalue weighted by Crippen LogP contribution is 2.39. The predicted molar refractivity (Wildman–Crippen MR) is 86.7 cm³/mol. The van der Waals surface area contributed by atoms with E-state index in [0.29, 0.717) is 23.6 Å². The highest BCUT2D eigenvalue weighted by molar-refractivity contribution is 5.65. The first-order chi connectivity index (χ1) is 11.9. The number of benzene rings is 2. The Kier molecular flexibility index (Phi) is 5.11. The van der Waals surface area contributed by atoms with Gasteiger partial charge in [-0.2, -0.15) is 0 Å². The van der Waals surface area contributed by atoms with E-state index in [-0.39, 0.29) is 17.0 Å². The largest absolute Gasteiger partial charge is 0.204 e. The summed E-state index contributed by atoms with van der Waals surface area (Å²) in [5.41, 5.74) is -0.200. The second-order valence-electron chi connectivity index (χ2n) is 6.71. The van der Waals surface area contributed by atoms with Crippen molar-refractivity contribution in [3.05, 3.63) is 58.9 Å². The normalized spacial score (nSPS) is 20.7. The highest BCUT2D eigenvalue weighted by Gasteiger charge is 2.26. The van der Waals surface area contributed by atoms with Crippen molar-refractivity contribution in [2.75, 3.05) is 0 Å². The zero-order chi connectivity index (χ0) is 18.1. The monoisotopic (exact) mass is 354 g/mol. The Morgan fingerprint density at radius 1 is 0.800 bits per heavy atom. The van der Waals surface area contributed by atoms with E-state index in [4.69, 9.17) is 0 Å². The van der Waals surface area contributed by atoms with E-state index in [2.05, 4.69) is 6.92 Å². The SMILES string of the molecule is CCC1CCC(c2ccc(-c3cc(F)c(F)c(F)c3)c(F)c2F)CC1. The van der Waals surface area contributed by atoms with Gasteiger partial charge in [-0.05, 0) is 60.8 Å². The Morgan fingerprint density at radius 2 is 1.40 bits per heavy atom. The summed E-state index contributed by atoms with van der Waals surface area (Å²) in [5.74, 6) is -6.05. The molecule has 0 amide bonds. The maximum Gasteiger partial charge on any atom is 0.194 e. The molecular formula is C20H19F5. The summed E-state index contributed by atoms with van der Waals surface area (Å²) in [6.07, 6.45) is 4.66. The molecule has 0 spiro atoms. The minimum absolute atomic E-state index is 0.0481. The van der Waals surface area contributed by atoms with E-state index in [1.165, 1.54) is 12.1 Å². The minimum atomic E-state index is -1.63. The standard InChI is InChI=1S/C20H19F5/c1-2-11-3-5-12(6-4-11)14-7-8-15(19(24)18(14)23)13-9-16(21)20(25)17(22)10-13/h7-12H,2-6H2,1H3. The lowest BCUT2D eigenvalue weighted by Gasteiger charge is -2.28.